The van der Waals surface area contributed by atoms with Gasteiger partial charge in [0.15, 0.2) is 6.29 Å². The first-order valence-electron chi connectivity index (χ1n) is 27.1. The van der Waals surface area contributed by atoms with E-state index in [-0.39, 0.29) is 12.5 Å². The Morgan fingerprint density at radius 2 is 0.889 bits per heavy atom. The molecule has 1 aliphatic rings. The molecule has 9 heteroatoms. The topological polar surface area (TPSA) is 149 Å². The number of aliphatic hydroxyl groups excluding tert-OH is 5. The van der Waals surface area contributed by atoms with E-state index >= 15 is 0 Å². The van der Waals surface area contributed by atoms with E-state index in [0.717, 1.165) is 57.8 Å². The summed E-state index contributed by atoms with van der Waals surface area (Å²) < 4.78 is 11.2. The van der Waals surface area contributed by atoms with Gasteiger partial charge >= 0.3 is 0 Å². The molecule has 0 aromatic heterocycles. The molecule has 0 aromatic carbocycles. The zero-order chi connectivity index (χ0) is 45.9. The lowest BCUT2D eigenvalue weighted by atomic mass is 9.99. The Hall–Kier alpha value is -1.33. The van der Waals surface area contributed by atoms with Gasteiger partial charge in [0.2, 0.25) is 5.91 Å². The number of hydrogen-bond donors (Lipinski definition) is 6. The highest BCUT2D eigenvalue weighted by Gasteiger charge is 2.44. The number of hydrogen-bond acceptors (Lipinski definition) is 8. The first-order chi connectivity index (χ1) is 30.8. The van der Waals surface area contributed by atoms with Gasteiger partial charge in [-0.25, -0.2) is 0 Å². The Morgan fingerprint density at radius 1 is 0.524 bits per heavy atom. The summed E-state index contributed by atoms with van der Waals surface area (Å²) >= 11 is 0. The minimum Gasteiger partial charge on any atom is -0.394 e. The maximum Gasteiger partial charge on any atom is 0.220 e. The number of amides is 1. The number of nitrogens with one attached hydrogen (secondary N) is 1. The molecule has 0 bridgehead atoms. The lowest BCUT2D eigenvalue weighted by Crippen LogP contribution is -2.60. The van der Waals surface area contributed by atoms with Gasteiger partial charge in [-0.3, -0.25) is 4.79 Å². The molecule has 1 amide bonds. The van der Waals surface area contributed by atoms with E-state index in [9.17, 15) is 30.3 Å². The van der Waals surface area contributed by atoms with Crippen molar-refractivity contribution in [2.75, 3.05) is 13.2 Å². The zero-order valence-electron chi connectivity index (χ0n) is 41.1. The van der Waals surface area contributed by atoms with Crippen molar-refractivity contribution < 1.29 is 39.8 Å². The van der Waals surface area contributed by atoms with Crippen LogP contribution in [-0.4, -0.2) is 87.5 Å². The van der Waals surface area contributed by atoms with Crippen molar-refractivity contribution in [3.05, 3.63) is 24.3 Å². The lowest BCUT2D eigenvalue weighted by molar-refractivity contribution is -0.302. The smallest absolute Gasteiger partial charge is 0.220 e. The molecule has 0 radical (unpaired) electrons. The quantitative estimate of drug-likeness (QED) is 0.0261. The number of carbonyl (C=O) groups is 1. The summed E-state index contributed by atoms with van der Waals surface area (Å²) in [4.78, 5) is 13.0. The van der Waals surface area contributed by atoms with E-state index in [2.05, 4.69) is 31.3 Å². The molecular formula is C54H103NO8. The predicted molar refractivity (Wildman–Crippen MR) is 263 cm³/mol. The number of rotatable bonds is 46. The molecule has 0 spiro atoms. The molecule has 1 aliphatic heterocycles. The van der Waals surface area contributed by atoms with Gasteiger partial charge in [0.25, 0.3) is 0 Å². The van der Waals surface area contributed by atoms with Gasteiger partial charge in [-0.15, -0.1) is 0 Å². The van der Waals surface area contributed by atoms with Crippen LogP contribution in [0.25, 0.3) is 0 Å². The average molecular weight is 894 g/mol. The third-order valence-electron chi connectivity index (χ3n) is 13.0. The molecule has 63 heavy (non-hydrogen) atoms. The van der Waals surface area contributed by atoms with Crippen molar-refractivity contribution in [1.82, 2.24) is 5.32 Å². The maximum absolute atomic E-state index is 13.0. The van der Waals surface area contributed by atoms with E-state index in [0.29, 0.717) is 6.42 Å². The van der Waals surface area contributed by atoms with Crippen molar-refractivity contribution >= 4 is 5.91 Å². The Labute approximate surface area is 388 Å². The van der Waals surface area contributed by atoms with Crippen LogP contribution in [0, 0.1) is 0 Å². The number of unbranched alkanes of at least 4 members (excludes halogenated alkanes) is 34. The van der Waals surface area contributed by atoms with Crippen molar-refractivity contribution in [3.8, 4) is 0 Å². The molecule has 1 saturated heterocycles. The lowest BCUT2D eigenvalue weighted by Gasteiger charge is -2.40. The predicted octanol–water partition coefficient (Wildman–Crippen LogP) is 12.6. The third kappa shape index (κ3) is 34.6. The maximum atomic E-state index is 13.0. The highest BCUT2D eigenvalue weighted by Crippen LogP contribution is 2.23. The van der Waals surface area contributed by atoms with Crippen molar-refractivity contribution in [3.63, 3.8) is 0 Å². The average Bonchev–Trinajstić information content (AvgIpc) is 3.28. The summed E-state index contributed by atoms with van der Waals surface area (Å²) in [7, 11) is 0. The van der Waals surface area contributed by atoms with Crippen LogP contribution in [0.5, 0.6) is 0 Å². The fourth-order valence-electron chi connectivity index (χ4n) is 8.68. The summed E-state index contributed by atoms with van der Waals surface area (Å²) in [6, 6.07) is -0.806. The van der Waals surface area contributed by atoms with Gasteiger partial charge < -0.3 is 40.3 Å². The standard InChI is InChI=1S/C54H103NO8/c1-3-5-7-9-11-13-15-17-18-19-20-21-22-23-24-25-26-27-28-29-30-31-32-33-35-37-39-41-43-48(57)47(46-62-54-53(61)52(60)51(59)49(45-56)63-54)55-50(58)44-42-40-38-36-34-16-14-12-10-8-6-4-2/h12,14,41,43,47-49,51-54,56-57,59-61H,3-11,13,15-40,42,44-46H2,1-2H3,(H,55,58)/b14-12-,43-41+. The molecule has 7 unspecified atom stereocenters. The molecule has 0 saturated carbocycles. The molecule has 1 heterocycles. The van der Waals surface area contributed by atoms with Crippen LogP contribution in [0.1, 0.15) is 258 Å². The second-order valence-corrected chi connectivity index (χ2v) is 19.0. The molecule has 0 aliphatic carbocycles. The second-order valence-electron chi connectivity index (χ2n) is 19.0. The number of carbonyl (C=O) groups excluding carboxylic acids is 1. The first-order valence-corrected chi connectivity index (χ1v) is 27.1. The Morgan fingerprint density at radius 3 is 1.32 bits per heavy atom. The highest BCUT2D eigenvalue weighted by atomic mass is 16.7. The SMILES string of the molecule is CCCCC/C=C\CCCCCCCC(=O)NC(COC1OC(CO)C(O)C(O)C1O)C(O)/C=C/CCCCCCCCCCCCCCCCCCCCCCCCCCCC. The summed E-state index contributed by atoms with van der Waals surface area (Å²) in [5.41, 5.74) is 0. The van der Waals surface area contributed by atoms with Crippen LogP contribution in [0.15, 0.2) is 24.3 Å². The summed E-state index contributed by atoms with van der Waals surface area (Å²) in [5.74, 6) is -0.185. The molecule has 6 N–H and O–H groups in total. The van der Waals surface area contributed by atoms with E-state index in [1.165, 1.54) is 180 Å². The molecule has 9 nitrogen and oxygen atoms in total. The number of aliphatic hydroxyl groups is 5. The highest BCUT2D eigenvalue weighted by molar-refractivity contribution is 5.76. The number of allylic oxidation sites excluding steroid dienone is 3. The fourth-order valence-corrected chi connectivity index (χ4v) is 8.68. The summed E-state index contributed by atoms with van der Waals surface area (Å²) in [6.45, 7) is 3.76. The van der Waals surface area contributed by atoms with E-state index in [1.54, 1.807) is 6.08 Å². The zero-order valence-corrected chi connectivity index (χ0v) is 41.1. The Kier molecular flexibility index (Phi) is 42.2. The second kappa shape index (κ2) is 44.5. The van der Waals surface area contributed by atoms with Gasteiger partial charge in [-0.1, -0.05) is 231 Å². The van der Waals surface area contributed by atoms with Crippen LogP contribution in [0.2, 0.25) is 0 Å². The fraction of sp³-hybridized carbons (Fsp3) is 0.907. The summed E-state index contributed by atoms with van der Waals surface area (Å²) in [6.07, 6.45) is 48.2. The van der Waals surface area contributed by atoms with Gasteiger partial charge in [0.1, 0.15) is 24.4 Å². The summed E-state index contributed by atoms with van der Waals surface area (Å²) in [5, 5.41) is 54.3. The van der Waals surface area contributed by atoms with E-state index < -0.39 is 49.5 Å². The molecule has 372 valence electrons. The molecule has 1 rings (SSSR count). The normalized spacial score (nSPS) is 20.3. The van der Waals surface area contributed by atoms with Crippen molar-refractivity contribution in [1.29, 1.82) is 0 Å². The van der Waals surface area contributed by atoms with Crippen molar-refractivity contribution in [2.45, 2.75) is 301 Å². The van der Waals surface area contributed by atoms with Crippen molar-refractivity contribution in [2.24, 2.45) is 0 Å². The van der Waals surface area contributed by atoms with Gasteiger partial charge in [0, 0.05) is 6.42 Å². The van der Waals surface area contributed by atoms with E-state index in [4.69, 9.17) is 9.47 Å². The molecule has 1 fully saturated rings. The van der Waals surface area contributed by atoms with Gasteiger partial charge in [-0.05, 0) is 44.9 Å². The Balaban J connectivity index is 2.19. The third-order valence-corrected chi connectivity index (χ3v) is 13.0. The van der Waals surface area contributed by atoms with Crippen LogP contribution in [0.4, 0.5) is 0 Å². The first kappa shape index (κ1) is 59.7. The van der Waals surface area contributed by atoms with Crippen LogP contribution in [-0.2, 0) is 14.3 Å². The Bertz CT molecular complexity index is 1040. The monoisotopic (exact) mass is 894 g/mol. The minimum atomic E-state index is -1.57. The van der Waals surface area contributed by atoms with Gasteiger partial charge in [-0.2, -0.15) is 0 Å². The number of ether oxygens (including phenoxy) is 2. The largest absolute Gasteiger partial charge is 0.394 e. The molecule has 0 aromatic rings. The molecule has 7 atom stereocenters. The van der Waals surface area contributed by atoms with Crippen LogP contribution in [0.3, 0.4) is 0 Å². The van der Waals surface area contributed by atoms with E-state index in [1.807, 2.05) is 6.08 Å². The van der Waals surface area contributed by atoms with Crippen LogP contribution >= 0.6 is 0 Å². The van der Waals surface area contributed by atoms with Gasteiger partial charge in [0.05, 0.1) is 25.4 Å². The molecular weight excluding hydrogens is 791 g/mol. The minimum absolute atomic E-state index is 0.185. The van der Waals surface area contributed by atoms with Crippen LogP contribution < -0.4 is 5.32 Å².